The van der Waals surface area contributed by atoms with Crippen LogP contribution in [0.1, 0.15) is 29.3 Å². The van der Waals surface area contributed by atoms with Crippen molar-refractivity contribution < 1.29 is 19.0 Å². The van der Waals surface area contributed by atoms with Gasteiger partial charge in [-0.25, -0.2) is 4.39 Å². The van der Waals surface area contributed by atoms with E-state index < -0.39 is 5.82 Å². The van der Waals surface area contributed by atoms with Gasteiger partial charge in [0.25, 0.3) is 5.91 Å². The van der Waals surface area contributed by atoms with Crippen LogP contribution in [0.5, 0.6) is 0 Å². The lowest BCUT2D eigenvalue weighted by molar-refractivity contribution is 0.0633. The maximum Gasteiger partial charge on any atom is 0.255 e. The fraction of sp³-hybridized carbons (Fsp3) is 0.438. The second-order valence-corrected chi connectivity index (χ2v) is 4.69. The number of rotatable bonds is 5. The van der Waals surface area contributed by atoms with Crippen molar-refractivity contribution in [3.05, 3.63) is 35.1 Å². The van der Waals surface area contributed by atoms with E-state index in [1.807, 2.05) is 6.92 Å². The molecule has 21 heavy (non-hydrogen) atoms. The number of likely N-dealkylation sites (N-methyl/N-ethyl adjacent to an activating group) is 1. The molecule has 4 nitrogen and oxygen atoms in total. The third kappa shape index (κ3) is 4.85. The number of nitrogens with zero attached hydrogens (tertiary/aromatic N) is 1. The molecule has 0 fully saturated rings. The van der Waals surface area contributed by atoms with Crippen molar-refractivity contribution in [3.8, 4) is 11.8 Å². The van der Waals surface area contributed by atoms with Gasteiger partial charge in [0, 0.05) is 26.1 Å². The Morgan fingerprint density at radius 3 is 2.86 bits per heavy atom. The number of aliphatic hydroxyl groups excluding tert-OH is 1. The average Bonchev–Trinajstić information content (AvgIpc) is 2.46. The van der Waals surface area contributed by atoms with Crippen LogP contribution in [0.2, 0.25) is 0 Å². The molecule has 0 aliphatic carbocycles. The topological polar surface area (TPSA) is 49.8 Å². The number of hydrogen-bond acceptors (Lipinski definition) is 3. The van der Waals surface area contributed by atoms with Gasteiger partial charge in [-0.05, 0) is 25.1 Å². The van der Waals surface area contributed by atoms with Crippen molar-refractivity contribution in [2.45, 2.75) is 19.4 Å². The molecule has 0 aromatic heterocycles. The molecule has 0 bridgehead atoms. The normalized spacial score (nSPS) is 11.5. The number of carbonyl (C=O) groups is 1. The summed E-state index contributed by atoms with van der Waals surface area (Å²) in [7, 11) is 3.23. The number of ether oxygens (including phenoxy) is 1. The van der Waals surface area contributed by atoms with E-state index in [1.165, 1.54) is 23.1 Å². The number of halogens is 1. The van der Waals surface area contributed by atoms with Crippen molar-refractivity contribution in [2.75, 3.05) is 27.4 Å². The van der Waals surface area contributed by atoms with Crippen LogP contribution in [0.25, 0.3) is 0 Å². The second-order valence-electron chi connectivity index (χ2n) is 4.69. The molecule has 1 aromatic carbocycles. The van der Waals surface area contributed by atoms with Gasteiger partial charge in [0.05, 0.1) is 24.8 Å². The number of amides is 1. The third-order valence-electron chi connectivity index (χ3n) is 3.06. The fourth-order valence-electron chi connectivity index (χ4n) is 1.76. The number of benzene rings is 1. The number of aliphatic hydroxyl groups is 1. The van der Waals surface area contributed by atoms with E-state index in [9.17, 15) is 9.18 Å². The summed E-state index contributed by atoms with van der Waals surface area (Å²) in [4.78, 5) is 14.0. The van der Waals surface area contributed by atoms with Crippen molar-refractivity contribution in [1.29, 1.82) is 0 Å². The van der Waals surface area contributed by atoms with E-state index in [1.54, 1.807) is 14.2 Å². The average molecular weight is 293 g/mol. The summed E-state index contributed by atoms with van der Waals surface area (Å²) in [6.07, 6.45) is 0.278. The predicted molar refractivity (Wildman–Crippen MR) is 78.4 cm³/mol. The first kappa shape index (κ1) is 17.2. The molecule has 1 unspecified atom stereocenters. The highest BCUT2D eigenvalue weighted by Crippen LogP contribution is 2.14. The standard InChI is InChI=1S/C16H20FNO3/c1-12(11-21-3)18(2)16(20)15-8-7-14(17)10-13(15)6-4-5-9-19/h7-8,10,12,19H,5,9,11H2,1-3H3. The minimum absolute atomic E-state index is 0.0730. The van der Waals surface area contributed by atoms with Gasteiger partial charge in [-0.2, -0.15) is 0 Å². The zero-order valence-electron chi connectivity index (χ0n) is 12.5. The maximum atomic E-state index is 13.3. The Kier molecular flexibility index (Phi) is 6.86. The summed E-state index contributed by atoms with van der Waals surface area (Å²) in [6.45, 7) is 2.20. The molecule has 0 heterocycles. The lowest BCUT2D eigenvalue weighted by atomic mass is 10.1. The first-order valence-corrected chi connectivity index (χ1v) is 6.66. The Morgan fingerprint density at radius 1 is 1.52 bits per heavy atom. The molecular weight excluding hydrogens is 273 g/mol. The summed E-state index contributed by atoms with van der Waals surface area (Å²) >= 11 is 0. The second kappa shape index (κ2) is 8.40. The molecule has 0 saturated carbocycles. The quantitative estimate of drug-likeness (QED) is 0.840. The van der Waals surface area contributed by atoms with Crippen molar-refractivity contribution in [2.24, 2.45) is 0 Å². The van der Waals surface area contributed by atoms with Crippen LogP contribution < -0.4 is 0 Å². The summed E-state index contributed by atoms with van der Waals surface area (Å²) in [5, 5.41) is 8.73. The molecule has 1 rings (SSSR count). The van der Waals surface area contributed by atoms with Crippen LogP contribution in [0.3, 0.4) is 0 Å². The first-order valence-electron chi connectivity index (χ1n) is 6.66. The van der Waals surface area contributed by atoms with Gasteiger partial charge in [0.2, 0.25) is 0 Å². The smallest absolute Gasteiger partial charge is 0.255 e. The third-order valence-corrected chi connectivity index (χ3v) is 3.06. The number of methoxy groups -OCH3 is 1. The molecule has 1 amide bonds. The SMILES string of the molecule is COCC(C)N(C)C(=O)c1ccc(F)cc1C#CCCO. The Balaban J connectivity index is 3.06. The Labute approximate surface area is 124 Å². The van der Waals surface area contributed by atoms with Gasteiger partial charge in [-0.3, -0.25) is 4.79 Å². The van der Waals surface area contributed by atoms with Crippen LogP contribution in [-0.2, 0) is 4.74 Å². The molecule has 1 aromatic rings. The van der Waals surface area contributed by atoms with Gasteiger partial charge >= 0.3 is 0 Å². The van der Waals surface area contributed by atoms with E-state index in [4.69, 9.17) is 9.84 Å². The molecular formula is C16H20FNO3. The number of carbonyl (C=O) groups excluding carboxylic acids is 1. The van der Waals surface area contributed by atoms with E-state index in [2.05, 4.69) is 11.8 Å². The van der Waals surface area contributed by atoms with E-state index in [-0.39, 0.29) is 25.0 Å². The molecule has 1 N–H and O–H groups in total. The minimum Gasteiger partial charge on any atom is -0.395 e. The van der Waals surface area contributed by atoms with Crippen LogP contribution in [0.4, 0.5) is 4.39 Å². The van der Waals surface area contributed by atoms with E-state index in [0.717, 1.165) is 0 Å². The molecule has 5 heteroatoms. The van der Waals surface area contributed by atoms with E-state index >= 15 is 0 Å². The van der Waals surface area contributed by atoms with E-state index in [0.29, 0.717) is 17.7 Å². The van der Waals surface area contributed by atoms with Crippen molar-refractivity contribution in [1.82, 2.24) is 4.90 Å². The largest absolute Gasteiger partial charge is 0.395 e. The summed E-state index contributed by atoms with van der Waals surface area (Å²) in [5.41, 5.74) is 0.664. The Bertz CT molecular complexity index is 548. The van der Waals surface area contributed by atoms with Gasteiger partial charge in [-0.15, -0.1) is 0 Å². The number of hydrogen-bond donors (Lipinski definition) is 1. The van der Waals surface area contributed by atoms with Crippen LogP contribution in [0, 0.1) is 17.7 Å². The lowest BCUT2D eigenvalue weighted by Gasteiger charge is -2.24. The van der Waals surface area contributed by atoms with Crippen molar-refractivity contribution in [3.63, 3.8) is 0 Å². The van der Waals surface area contributed by atoms with Crippen LogP contribution in [-0.4, -0.2) is 49.3 Å². The summed E-state index contributed by atoms with van der Waals surface area (Å²) in [6, 6.07) is 3.79. The molecule has 1 atom stereocenters. The summed E-state index contributed by atoms with van der Waals surface area (Å²) < 4.78 is 18.4. The van der Waals surface area contributed by atoms with Crippen LogP contribution in [0.15, 0.2) is 18.2 Å². The molecule has 0 aliphatic heterocycles. The zero-order valence-corrected chi connectivity index (χ0v) is 12.5. The minimum atomic E-state index is -0.451. The van der Waals surface area contributed by atoms with Gasteiger partial charge < -0.3 is 14.7 Å². The fourth-order valence-corrected chi connectivity index (χ4v) is 1.76. The van der Waals surface area contributed by atoms with Crippen molar-refractivity contribution >= 4 is 5.91 Å². The molecule has 0 radical (unpaired) electrons. The Hall–Kier alpha value is -1.90. The lowest BCUT2D eigenvalue weighted by Crippen LogP contribution is -2.38. The van der Waals surface area contributed by atoms with Gasteiger partial charge in [-0.1, -0.05) is 11.8 Å². The highest BCUT2D eigenvalue weighted by Gasteiger charge is 2.20. The highest BCUT2D eigenvalue weighted by molar-refractivity contribution is 5.96. The molecule has 0 aliphatic rings. The monoisotopic (exact) mass is 293 g/mol. The first-order chi connectivity index (χ1) is 10.0. The molecule has 0 spiro atoms. The van der Waals surface area contributed by atoms with Gasteiger partial charge in [0.15, 0.2) is 0 Å². The zero-order chi connectivity index (χ0) is 15.8. The predicted octanol–water partition coefficient (Wildman–Crippen LogP) is 1.67. The molecule has 114 valence electrons. The maximum absolute atomic E-state index is 13.3. The van der Waals surface area contributed by atoms with Gasteiger partial charge in [0.1, 0.15) is 5.82 Å². The molecule has 0 saturated heterocycles. The highest BCUT2D eigenvalue weighted by atomic mass is 19.1. The summed E-state index contributed by atoms with van der Waals surface area (Å²) in [5.74, 6) is 4.74. The Morgan fingerprint density at radius 2 is 2.24 bits per heavy atom. The van der Waals surface area contributed by atoms with Crippen LogP contribution >= 0.6 is 0 Å².